The lowest BCUT2D eigenvalue weighted by Crippen LogP contribution is -2.23. The number of hydrogen-bond donors (Lipinski definition) is 1. The van der Waals surface area contributed by atoms with Gasteiger partial charge in [0.25, 0.3) is 5.91 Å². The average Bonchev–Trinajstić information content (AvgIpc) is 2.53. The predicted molar refractivity (Wildman–Crippen MR) is 90.0 cm³/mol. The summed E-state index contributed by atoms with van der Waals surface area (Å²) < 4.78 is 0. The Morgan fingerprint density at radius 3 is 2.27 bits per heavy atom. The molecule has 0 aliphatic heterocycles. The Hall–Kier alpha value is -1.85. The van der Waals surface area contributed by atoms with Gasteiger partial charge in [-0.25, -0.2) is 9.97 Å². The molecule has 0 saturated heterocycles. The van der Waals surface area contributed by atoms with E-state index < -0.39 is 5.91 Å². The minimum Gasteiger partial charge on any atom is -0.356 e. The van der Waals surface area contributed by atoms with E-state index in [1.807, 2.05) is 18.7 Å². The molecule has 0 spiro atoms. The van der Waals surface area contributed by atoms with Crippen molar-refractivity contribution < 1.29 is 4.79 Å². The fraction of sp³-hybridized carbons (Fsp3) is 0.267. The number of carbonyl (C=O) groups is 1. The summed E-state index contributed by atoms with van der Waals surface area (Å²) in [5.41, 5.74) is 0.567. The molecule has 1 amide bonds. The Kier molecular flexibility index (Phi) is 5.57. The van der Waals surface area contributed by atoms with Gasteiger partial charge in [-0.2, -0.15) is 0 Å². The van der Waals surface area contributed by atoms with Gasteiger partial charge in [0.15, 0.2) is 0 Å². The van der Waals surface area contributed by atoms with Crippen LogP contribution in [0.1, 0.15) is 24.3 Å². The molecule has 1 N–H and O–H groups in total. The molecule has 1 aromatic carbocycles. The van der Waals surface area contributed by atoms with Crippen molar-refractivity contribution in [3.05, 3.63) is 46.3 Å². The lowest BCUT2D eigenvalue weighted by atomic mass is 10.3. The average molecular weight is 339 g/mol. The molecular formula is C15H16Cl2N4O. The van der Waals surface area contributed by atoms with Crippen LogP contribution in [0.15, 0.2) is 30.6 Å². The molecule has 7 heteroatoms. The van der Waals surface area contributed by atoms with Crippen LogP contribution in [0.3, 0.4) is 0 Å². The Balaban J connectivity index is 2.17. The Morgan fingerprint density at radius 1 is 1.14 bits per heavy atom. The fourth-order valence-electron chi connectivity index (χ4n) is 1.94. The molecule has 0 aliphatic rings. The molecule has 0 atom stereocenters. The summed E-state index contributed by atoms with van der Waals surface area (Å²) in [5.74, 6) is 0.325. The molecule has 22 heavy (non-hydrogen) atoms. The van der Waals surface area contributed by atoms with Gasteiger partial charge in [0.1, 0.15) is 11.5 Å². The van der Waals surface area contributed by atoms with Crippen molar-refractivity contribution in [3.63, 3.8) is 0 Å². The van der Waals surface area contributed by atoms with Crippen molar-refractivity contribution in [2.75, 3.05) is 23.3 Å². The highest BCUT2D eigenvalue weighted by atomic mass is 35.5. The first kappa shape index (κ1) is 16.5. The predicted octanol–water partition coefficient (Wildman–Crippen LogP) is 3.88. The first-order valence-electron chi connectivity index (χ1n) is 6.89. The second-order valence-electron chi connectivity index (χ2n) is 4.48. The first-order chi connectivity index (χ1) is 10.6. The van der Waals surface area contributed by atoms with E-state index >= 15 is 0 Å². The Labute approximate surface area is 139 Å². The highest BCUT2D eigenvalue weighted by Crippen LogP contribution is 2.30. The van der Waals surface area contributed by atoms with Crippen molar-refractivity contribution >= 4 is 40.6 Å². The molecule has 1 aromatic heterocycles. The third-order valence-electron chi connectivity index (χ3n) is 3.16. The number of aromatic nitrogens is 2. The van der Waals surface area contributed by atoms with Crippen molar-refractivity contribution in [1.29, 1.82) is 0 Å². The molecule has 0 aliphatic carbocycles. The Morgan fingerprint density at radius 2 is 1.77 bits per heavy atom. The summed E-state index contributed by atoms with van der Waals surface area (Å²) in [7, 11) is 0. The van der Waals surface area contributed by atoms with Crippen molar-refractivity contribution in [3.8, 4) is 0 Å². The van der Waals surface area contributed by atoms with E-state index in [2.05, 4.69) is 15.3 Å². The molecule has 2 rings (SSSR count). The lowest BCUT2D eigenvalue weighted by Gasteiger charge is -2.19. The molecule has 0 unspecified atom stereocenters. The van der Waals surface area contributed by atoms with E-state index in [-0.39, 0.29) is 5.69 Å². The number of rotatable bonds is 5. The third-order valence-corrected chi connectivity index (χ3v) is 3.79. The third kappa shape index (κ3) is 3.67. The summed E-state index contributed by atoms with van der Waals surface area (Å²) in [5, 5.41) is 3.39. The van der Waals surface area contributed by atoms with Crippen LogP contribution in [0.2, 0.25) is 10.0 Å². The zero-order valence-corrected chi connectivity index (χ0v) is 13.8. The van der Waals surface area contributed by atoms with Gasteiger partial charge in [-0.1, -0.05) is 29.3 Å². The van der Waals surface area contributed by atoms with Crippen LogP contribution in [0.4, 0.5) is 11.5 Å². The monoisotopic (exact) mass is 338 g/mol. The maximum absolute atomic E-state index is 12.2. The van der Waals surface area contributed by atoms with E-state index in [1.165, 1.54) is 6.20 Å². The van der Waals surface area contributed by atoms with Crippen LogP contribution in [0.5, 0.6) is 0 Å². The number of benzene rings is 1. The summed E-state index contributed by atoms with van der Waals surface area (Å²) in [4.78, 5) is 22.6. The second kappa shape index (κ2) is 7.42. The lowest BCUT2D eigenvalue weighted by molar-refractivity contribution is 0.102. The van der Waals surface area contributed by atoms with E-state index in [1.54, 1.807) is 24.4 Å². The van der Waals surface area contributed by atoms with E-state index in [9.17, 15) is 4.79 Å². The van der Waals surface area contributed by atoms with Crippen LogP contribution < -0.4 is 10.2 Å². The van der Waals surface area contributed by atoms with Crippen molar-refractivity contribution in [2.45, 2.75) is 13.8 Å². The molecule has 0 fully saturated rings. The van der Waals surface area contributed by atoms with Gasteiger partial charge in [-0.3, -0.25) is 4.79 Å². The zero-order chi connectivity index (χ0) is 16.1. The normalized spacial score (nSPS) is 10.4. The van der Waals surface area contributed by atoms with Crippen molar-refractivity contribution in [2.24, 2.45) is 0 Å². The molecular weight excluding hydrogens is 323 g/mol. The number of halogens is 2. The number of anilines is 2. The quantitative estimate of drug-likeness (QED) is 0.898. The van der Waals surface area contributed by atoms with Crippen LogP contribution in [0, 0.1) is 0 Å². The SMILES string of the molecule is CCN(CC)c1cnc(C(=O)Nc2c(Cl)cccc2Cl)cn1. The van der Waals surface area contributed by atoms with Crippen molar-refractivity contribution in [1.82, 2.24) is 9.97 Å². The van der Waals surface area contributed by atoms with Crippen LogP contribution >= 0.6 is 23.2 Å². The standard InChI is InChI=1S/C15H16Cl2N4O/c1-3-21(4-2)13-9-18-12(8-19-13)15(22)20-14-10(16)6-5-7-11(14)17/h5-9H,3-4H2,1-2H3,(H,20,22). The van der Waals surface area contributed by atoms with Crippen LogP contribution in [0.25, 0.3) is 0 Å². The Bertz CT molecular complexity index is 637. The number of carbonyl (C=O) groups excluding carboxylic acids is 1. The smallest absolute Gasteiger partial charge is 0.275 e. The maximum Gasteiger partial charge on any atom is 0.275 e. The zero-order valence-electron chi connectivity index (χ0n) is 12.3. The minimum atomic E-state index is -0.409. The molecule has 0 saturated carbocycles. The highest BCUT2D eigenvalue weighted by Gasteiger charge is 2.13. The second-order valence-corrected chi connectivity index (χ2v) is 5.30. The van der Waals surface area contributed by atoms with Crippen LogP contribution in [-0.2, 0) is 0 Å². The minimum absolute atomic E-state index is 0.201. The van der Waals surface area contributed by atoms with Gasteiger partial charge < -0.3 is 10.2 Å². The van der Waals surface area contributed by atoms with E-state index in [4.69, 9.17) is 23.2 Å². The van der Waals surface area contributed by atoms with Gasteiger partial charge in [0.05, 0.1) is 28.1 Å². The number of para-hydroxylation sites is 1. The molecule has 2 aromatic rings. The molecule has 0 bridgehead atoms. The van der Waals surface area contributed by atoms with Crippen LogP contribution in [-0.4, -0.2) is 29.0 Å². The topological polar surface area (TPSA) is 58.1 Å². The highest BCUT2D eigenvalue weighted by molar-refractivity contribution is 6.39. The van der Waals surface area contributed by atoms with Gasteiger partial charge in [0.2, 0.25) is 0 Å². The molecule has 116 valence electrons. The number of hydrogen-bond acceptors (Lipinski definition) is 4. The summed E-state index contributed by atoms with van der Waals surface area (Å²) in [6, 6.07) is 5.01. The summed E-state index contributed by atoms with van der Waals surface area (Å²) in [6.45, 7) is 5.72. The van der Waals surface area contributed by atoms with Gasteiger partial charge in [0, 0.05) is 13.1 Å². The summed E-state index contributed by atoms with van der Waals surface area (Å²) >= 11 is 12.0. The largest absolute Gasteiger partial charge is 0.356 e. The molecule has 1 heterocycles. The van der Waals surface area contributed by atoms with Gasteiger partial charge in [-0.15, -0.1) is 0 Å². The van der Waals surface area contributed by atoms with Gasteiger partial charge >= 0.3 is 0 Å². The van der Waals surface area contributed by atoms with Gasteiger partial charge in [-0.05, 0) is 26.0 Å². The van der Waals surface area contributed by atoms with E-state index in [0.29, 0.717) is 15.7 Å². The molecule has 0 radical (unpaired) electrons. The fourth-order valence-corrected chi connectivity index (χ4v) is 2.44. The first-order valence-corrected chi connectivity index (χ1v) is 7.64. The van der Waals surface area contributed by atoms with E-state index in [0.717, 1.165) is 18.9 Å². The molecule has 5 nitrogen and oxygen atoms in total. The number of nitrogens with zero attached hydrogens (tertiary/aromatic N) is 3. The summed E-state index contributed by atoms with van der Waals surface area (Å²) in [6.07, 6.45) is 3.02. The number of amides is 1. The maximum atomic E-state index is 12.2. The number of nitrogens with one attached hydrogen (secondary N) is 1.